The minimum absolute atomic E-state index is 0.0669. The molecule has 3 atom stereocenters. The van der Waals surface area contributed by atoms with Crippen LogP contribution in [-0.2, 0) is 4.74 Å². The molecule has 2 heterocycles. The first-order valence-corrected chi connectivity index (χ1v) is 13.9. The van der Waals surface area contributed by atoms with Crippen LogP contribution in [0.1, 0.15) is 80.8 Å². The van der Waals surface area contributed by atoms with Crippen LogP contribution in [0.15, 0.2) is 71.5 Å². The van der Waals surface area contributed by atoms with Gasteiger partial charge in [-0.05, 0) is 73.4 Å². The molecule has 3 unspecified atom stereocenters. The summed E-state index contributed by atoms with van der Waals surface area (Å²) in [5, 5.41) is 3.38. The molecule has 5 heteroatoms. The Bertz CT molecular complexity index is 1250. The SMILES string of the molecule is COc1ccc(C(=O)NC2(C)C=C(C)C3=C(C2C)C(c2ccc(C(C)C)cc2)C2(CCN(C)CC2)O3)cc1. The molecule has 0 radical (unpaired) electrons. The number of allylic oxidation sites excluding steroid dienone is 1. The predicted octanol–water partition coefficient (Wildman–Crippen LogP) is 6.44. The smallest absolute Gasteiger partial charge is 0.251 e. The van der Waals surface area contributed by atoms with Crippen molar-refractivity contribution in [3.8, 4) is 5.75 Å². The highest BCUT2D eigenvalue weighted by Crippen LogP contribution is 2.58. The van der Waals surface area contributed by atoms with Crippen LogP contribution >= 0.6 is 0 Å². The number of carbonyl (C=O) groups is 1. The normalized spacial score (nSPS) is 26.7. The summed E-state index contributed by atoms with van der Waals surface area (Å²) in [7, 11) is 3.83. The molecule has 1 fully saturated rings. The summed E-state index contributed by atoms with van der Waals surface area (Å²) in [6.07, 6.45) is 4.18. The third-order valence-electron chi connectivity index (χ3n) is 9.15. The molecule has 5 nitrogen and oxygen atoms in total. The van der Waals surface area contributed by atoms with E-state index in [1.165, 1.54) is 16.7 Å². The molecule has 38 heavy (non-hydrogen) atoms. The summed E-state index contributed by atoms with van der Waals surface area (Å²) >= 11 is 0. The number of rotatable bonds is 5. The number of carbonyl (C=O) groups excluding carboxylic acids is 1. The zero-order valence-corrected chi connectivity index (χ0v) is 23.9. The molecule has 1 aliphatic carbocycles. The molecule has 0 aromatic heterocycles. The molecule has 0 bridgehead atoms. The highest BCUT2D eigenvalue weighted by molar-refractivity contribution is 5.95. The monoisotopic (exact) mass is 514 g/mol. The molecule has 3 aliphatic rings. The Labute approximate surface area is 227 Å². The van der Waals surface area contributed by atoms with Gasteiger partial charge in [-0.25, -0.2) is 0 Å². The number of nitrogens with zero attached hydrogens (tertiary/aromatic N) is 1. The predicted molar refractivity (Wildman–Crippen MR) is 153 cm³/mol. The van der Waals surface area contributed by atoms with Gasteiger partial charge in [-0.15, -0.1) is 0 Å². The molecule has 202 valence electrons. The lowest BCUT2D eigenvalue weighted by atomic mass is 9.65. The fourth-order valence-electron chi connectivity index (χ4n) is 6.60. The van der Waals surface area contributed by atoms with Gasteiger partial charge in [0.25, 0.3) is 5.91 Å². The molecule has 2 aliphatic heterocycles. The summed E-state index contributed by atoms with van der Waals surface area (Å²) in [6.45, 7) is 13.0. The van der Waals surface area contributed by atoms with Crippen LogP contribution < -0.4 is 10.1 Å². The van der Waals surface area contributed by atoms with Gasteiger partial charge >= 0.3 is 0 Å². The van der Waals surface area contributed by atoms with Crippen molar-refractivity contribution >= 4 is 5.91 Å². The Morgan fingerprint density at radius 1 is 1.08 bits per heavy atom. The second-order valence-corrected chi connectivity index (χ2v) is 12.0. The number of nitrogens with one attached hydrogen (secondary N) is 1. The van der Waals surface area contributed by atoms with Crippen LogP contribution in [0, 0.1) is 5.92 Å². The molecular weight excluding hydrogens is 472 g/mol. The second kappa shape index (κ2) is 9.92. The van der Waals surface area contributed by atoms with E-state index in [4.69, 9.17) is 9.47 Å². The molecule has 1 N–H and O–H groups in total. The van der Waals surface area contributed by atoms with Crippen LogP contribution in [0.25, 0.3) is 0 Å². The lowest BCUT2D eigenvalue weighted by Crippen LogP contribution is -2.52. The summed E-state index contributed by atoms with van der Waals surface area (Å²) in [5.74, 6) is 2.41. The molecule has 1 spiro atoms. The number of amides is 1. The van der Waals surface area contributed by atoms with E-state index in [9.17, 15) is 4.79 Å². The Hall–Kier alpha value is -3.05. The summed E-state index contributed by atoms with van der Waals surface area (Å²) in [5.41, 5.74) is 4.92. The molecule has 1 saturated heterocycles. The Morgan fingerprint density at radius 2 is 1.71 bits per heavy atom. The molecule has 2 aromatic rings. The van der Waals surface area contributed by atoms with Crippen LogP contribution in [0.4, 0.5) is 0 Å². The number of hydrogen-bond donors (Lipinski definition) is 1. The quantitative estimate of drug-likeness (QED) is 0.499. The van der Waals surface area contributed by atoms with Crippen molar-refractivity contribution in [3.05, 3.63) is 88.2 Å². The number of likely N-dealkylation sites (tertiary alicyclic amines) is 1. The number of ether oxygens (including phenoxy) is 2. The number of hydrogen-bond acceptors (Lipinski definition) is 4. The minimum atomic E-state index is -0.545. The van der Waals surface area contributed by atoms with Crippen molar-refractivity contribution in [2.45, 2.75) is 70.4 Å². The maximum atomic E-state index is 13.4. The van der Waals surface area contributed by atoms with Crippen molar-refractivity contribution in [3.63, 3.8) is 0 Å². The van der Waals surface area contributed by atoms with Gasteiger partial charge in [0, 0.05) is 43.3 Å². The van der Waals surface area contributed by atoms with Crippen molar-refractivity contribution in [1.82, 2.24) is 10.2 Å². The van der Waals surface area contributed by atoms with E-state index in [0.717, 1.165) is 43.0 Å². The Balaban J connectivity index is 1.52. The van der Waals surface area contributed by atoms with Crippen molar-refractivity contribution in [2.75, 3.05) is 27.2 Å². The van der Waals surface area contributed by atoms with Crippen LogP contribution in [-0.4, -0.2) is 49.2 Å². The van der Waals surface area contributed by atoms with Gasteiger partial charge in [0.05, 0.1) is 12.6 Å². The first kappa shape index (κ1) is 26.6. The van der Waals surface area contributed by atoms with Gasteiger partial charge in [-0.2, -0.15) is 0 Å². The van der Waals surface area contributed by atoms with Gasteiger partial charge in [0.2, 0.25) is 0 Å². The largest absolute Gasteiger partial charge is 0.497 e. The van der Waals surface area contributed by atoms with Crippen molar-refractivity contribution in [2.24, 2.45) is 5.92 Å². The first-order chi connectivity index (χ1) is 18.1. The summed E-state index contributed by atoms with van der Waals surface area (Å²) in [4.78, 5) is 15.8. The number of methoxy groups -OCH3 is 1. The van der Waals surface area contributed by atoms with Gasteiger partial charge in [0.15, 0.2) is 0 Å². The highest BCUT2D eigenvalue weighted by Gasteiger charge is 2.56. The lowest BCUT2D eigenvalue weighted by Gasteiger charge is -2.43. The zero-order valence-electron chi connectivity index (χ0n) is 23.9. The fourth-order valence-corrected chi connectivity index (χ4v) is 6.60. The fraction of sp³-hybridized carbons (Fsp3) is 0.485. The van der Waals surface area contributed by atoms with E-state index >= 15 is 0 Å². The summed E-state index contributed by atoms with van der Waals surface area (Å²) in [6, 6.07) is 16.5. The van der Waals surface area contributed by atoms with Crippen LogP contribution in [0.5, 0.6) is 5.75 Å². The minimum Gasteiger partial charge on any atom is -0.497 e. The zero-order chi connectivity index (χ0) is 27.2. The molecule has 1 amide bonds. The van der Waals surface area contributed by atoms with Crippen LogP contribution in [0.3, 0.4) is 0 Å². The second-order valence-electron chi connectivity index (χ2n) is 12.0. The van der Waals surface area contributed by atoms with E-state index in [2.05, 4.69) is 82.2 Å². The van der Waals surface area contributed by atoms with E-state index in [1.807, 2.05) is 24.3 Å². The van der Waals surface area contributed by atoms with E-state index < -0.39 is 5.54 Å². The average molecular weight is 515 g/mol. The topological polar surface area (TPSA) is 50.8 Å². The lowest BCUT2D eigenvalue weighted by molar-refractivity contribution is -0.0321. The van der Waals surface area contributed by atoms with Gasteiger partial charge in [-0.1, -0.05) is 51.1 Å². The standard InChI is InChI=1S/C33H42N2O3/c1-21(2)24-8-10-25(11-9-24)29-28-23(4)32(5,34-31(36)26-12-14-27(37-7)15-13-26)20-22(3)30(28)38-33(29)16-18-35(6)19-17-33/h8-15,20-21,23,29H,16-19H2,1-7H3,(H,34,36). The van der Waals surface area contributed by atoms with Crippen molar-refractivity contribution in [1.29, 1.82) is 0 Å². The Kier molecular flexibility index (Phi) is 6.93. The van der Waals surface area contributed by atoms with E-state index in [0.29, 0.717) is 11.5 Å². The summed E-state index contributed by atoms with van der Waals surface area (Å²) < 4.78 is 12.3. The Morgan fingerprint density at radius 3 is 2.29 bits per heavy atom. The van der Waals surface area contributed by atoms with Crippen LogP contribution in [0.2, 0.25) is 0 Å². The van der Waals surface area contributed by atoms with Crippen molar-refractivity contribution < 1.29 is 14.3 Å². The first-order valence-electron chi connectivity index (χ1n) is 13.9. The third kappa shape index (κ3) is 4.55. The molecule has 5 rings (SSSR count). The van der Waals surface area contributed by atoms with E-state index in [-0.39, 0.29) is 23.3 Å². The molecule has 2 aromatic carbocycles. The third-order valence-corrected chi connectivity index (χ3v) is 9.15. The molecular formula is C33H42N2O3. The van der Waals surface area contributed by atoms with Gasteiger partial charge in [-0.3, -0.25) is 4.79 Å². The van der Waals surface area contributed by atoms with E-state index in [1.54, 1.807) is 7.11 Å². The van der Waals surface area contributed by atoms with Gasteiger partial charge in [0.1, 0.15) is 17.1 Å². The van der Waals surface area contributed by atoms with Gasteiger partial charge < -0.3 is 19.7 Å². The number of benzene rings is 2. The maximum absolute atomic E-state index is 13.4. The maximum Gasteiger partial charge on any atom is 0.251 e. The molecule has 0 saturated carbocycles. The number of piperidine rings is 1. The highest BCUT2D eigenvalue weighted by atomic mass is 16.5. The average Bonchev–Trinajstić information content (AvgIpc) is 3.24.